The second-order valence-corrected chi connectivity index (χ2v) is 4.76. The lowest BCUT2D eigenvalue weighted by Gasteiger charge is -2.15. The largest absolute Gasteiger partial charge is 0.357 e. The Bertz CT molecular complexity index is 523. The fraction of sp³-hybridized carbons (Fsp3) is 0.400. The van der Waals surface area contributed by atoms with Crippen molar-refractivity contribution in [3.05, 3.63) is 36.0 Å². The van der Waals surface area contributed by atoms with Crippen molar-refractivity contribution in [2.75, 3.05) is 7.05 Å². The maximum absolute atomic E-state index is 4.23. The van der Waals surface area contributed by atoms with Crippen LogP contribution in [0.15, 0.2) is 35.3 Å². The number of benzene rings is 1. The molecule has 4 heteroatoms. The molecule has 0 fully saturated rings. The number of nitrogens with one attached hydrogen (secondary N) is 3. The van der Waals surface area contributed by atoms with Crippen LogP contribution in [0.4, 0.5) is 0 Å². The van der Waals surface area contributed by atoms with E-state index < -0.39 is 0 Å². The Balaban J connectivity index is 1.97. The predicted molar refractivity (Wildman–Crippen MR) is 81.4 cm³/mol. The molecule has 0 aliphatic rings. The van der Waals surface area contributed by atoms with Gasteiger partial charge in [-0.25, -0.2) is 0 Å². The van der Waals surface area contributed by atoms with Crippen molar-refractivity contribution in [1.82, 2.24) is 15.6 Å². The third-order valence-corrected chi connectivity index (χ3v) is 3.25. The fourth-order valence-corrected chi connectivity index (χ4v) is 1.94. The van der Waals surface area contributed by atoms with E-state index in [9.17, 15) is 0 Å². The Labute approximate surface area is 114 Å². The van der Waals surface area contributed by atoms with E-state index in [1.165, 1.54) is 10.9 Å². The summed E-state index contributed by atoms with van der Waals surface area (Å²) in [7, 11) is 1.79. The molecule has 0 saturated heterocycles. The van der Waals surface area contributed by atoms with Crippen molar-refractivity contribution < 1.29 is 0 Å². The molecule has 1 aromatic carbocycles. The number of aliphatic imine (C=N–C) groups is 1. The smallest absolute Gasteiger partial charge is 0.191 e. The van der Waals surface area contributed by atoms with Crippen LogP contribution in [-0.2, 0) is 6.54 Å². The maximum atomic E-state index is 4.23. The number of para-hydroxylation sites is 1. The summed E-state index contributed by atoms with van der Waals surface area (Å²) in [5.74, 6) is 0.841. The van der Waals surface area contributed by atoms with Gasteiger partial charge in [-0.1, -0.05) is 25.1 Å². The van der Waals surface area contributed by atoms with Crippen molar-refractivity contribution in [3.63, 3.8) is 0 Å². The zero-order valence-electron chi connectivity index (χ0n) is 11.8. The average molecular weight is 258 g/mol. The van der Waals surface area contributed by atoms with E-state index >= 15 is 0 Å². The quantitative estimate of drug-likeness (QED) is 0.583. The van der Waals surface area contributed by atoms with Gasteiger partial charge in [-0.05, 0) is 30.9 Å². The number of nitrogens with zero attached hydrogens (tertiary/aromatic N) is 1. The highest BCUT2D eigenvalue weighted by molar-refractivity contribution is 5.81. The van der Waals surface area contributed by atoms with E-state index in [1.54, 1.807) is 7.05 Å². The molecular formula is C15H22N4. The summed E-state index contributed by atoms with van der Waals surface area (Å²) in [5.41, 5.74) is 2.33. The summed E-state index contributed by atoms with van der Waals surface area (Å²) in [4.78, 5) is 7.62. The van der Waals surface area contributed by atoms with Crippen LogP contribution in [0.1, 0.15) is 26.0 Å². The second kappa shape index (κ2) is 6.27. The van der Waals surface area contributed by atoms with Crippen LogP contribution in [0.25, 0.3) is 10.9 Å². The number of aromatic nitrogens is 1. The molecule has 2 aromatic rings. The molecule has 0 radical (unpaired) electrons. The van der Waals surface area contributed by atoms with Gasteiger partial charge in [-0.15, -0.1) is 0 Å². The minimum atomic E-state index is 0.425. The van der Waals surface area contributed by atoms with Gasteiger partial charge >= 0.3 is 0 Å². The maximum Gasteiger partial charge on any atom is 0.191 e. The number of H-pyrrole nitrogens is 1. The molecular weight excluding hydrogens is 236 g/mol. The first-order chi connectivity index (χ1) is 9.22. The van der Waals surface area contributed by atoms with E-state index in [0.29, 0.717) is 6.04 Å². The van der Waals surface area contributed by atoms with Gasteiger partial charge < -0.3 is 15.6 Å². The lowest BCUT2D eigenvalue weighted by Crippen LogP contribution is -2.41. The molecule has 1 heterocycles. The Kier molecular flexibility index (Phi) is 4.44. The SMILES string of the molecule is CCC(C)NC(=NC)NCc1cc2ccccc2[nH]1. The predicted octanol–water partition coefficient (Wildman–Crippen LogP) is 2.63. The van der Waals surface area contributed by atoms with Crippen LogP contribution in [0.2, 0.25) is 0 Å². The van der Waals surface area contributed by atoms with Gasteiger partial charge in [-0.2, -0.15) is 0 Å². The zero-order valence-corrected chi connectivity index (χ0v) is 11.8. The summed E-state index contributed by atoms with van der Waals surface area (Å²) in [6, 6.07) is 10.9. The minimum absolute atomic E-state index is 0.425. The molecule has 0 aliphatic carbocycles. The van der Waals surface area contributed by atoms with Crippen LogP contribution >= 0.6 is 0 Å². The number of fused-ring (bicyclic) bond motifs is 1. The minimum Gasteiger partial charge on any atom is -0.357 e. The lowest BCUT2D eigenvalue weighted by molar-refractivity contribution is 0.623. The van der Waals surface area contributed by atoms with Crippen LogP contribution < -0.4 is 10.6 Å². The molecule has 0 aliphatic heterocycles. The molecule has 19 heavy (non-hydrogen) atoms. The molecule has 4 nitrogen and oxygen atoms in total. The van der Waals surface area contributed by atoms with Crippen LogP contribution in [-0.4, -0.2) is 24.0 Å². The van der Waals surface area contributed by atoms with Crippen LogP contribution in [0.3, 0.4) is 0 Å². The number of aromatic amines is 1. The molecule has 0 bridgehead atoms. The number of hydrogen-bond acceptors (Lipinski definition) is 1. The van der Waals surface area contributed by atoms with Gasteiger partial charge in [-0.3, -0.25) is 4.99 Å². The van der Waals surface area contributed by atoms with Gasteiger partial charge in [0.1, 0.15) is 0 Å². The van der Waals surface area contributed by atoms with E-state index in [0.717, 1.165) is 24.6 Å². The Hall–Kier alpha value is -1.97. The summed E-state index contributed by atoms with van der Waals surface area (Å²) in [5, 5.41) is 7.90. The van der Waals surface area contributed by atoms with Crippen molar-refractivity contribution in [2.45, 2.75) is 32.9 Å². The first-order valence-electron chi connectivity index (χ1n) is 6.76. The molecule has 0 saturated carbocycles. The van der Waals surface area contributed by atoms with Crippen molar-refractivity contribution in [1.29, 1.82) is 0 Å². The molecule has 3 N–H and O–H groups in total. The lowest BCUT2D eigenvalue weighted by atomic mass is 10.2. The molecule has 1 atom stereocenters. The van der Waals surface area contributed by atoms with Crippen LogP contribution in [0.5, 0.6) is 0 Å². The molecule has 2 rings (SSSR count). The monoisotopic (exact) mass is 258 g/mol. The standard InChI is InChI=1S/C15H22N4/c1-4-11(2)18-15(16-3)17-10-13-9-12-7-5-6-8-14(12)19-13/h5-9,11,19H,4,10H2,1-3H3,(H2,16,17,18). The van der Waals surface area contributed by atoms with E-state index in [-0.39, 0.29) is 0 Å². The third kappa shape index (κ3) is 3.50. The van der Waals surface area contributed by atoms with E-state index in [4.69, 9.17) is 0 Å². The van der Waals surface area contributed by atoms with Crippen molar-refractivity contribution in [2.24, 2.45) is 4.99 Å². The number of rotatable bonds is 4. The highest BCUT2D eigenvalue weighted by Gasteiger charge is 2.04. The van der Waals surface area contributed by atoms with Gasteiger partial charge in [0.25, 0.3) is 0 Å². The van der Waals surface area contributed by atoms with Crippen LogP contribution in [0, 0.1) is 0 Å². The summed E-state index contributed by atoms with van der Waals surface area (Å²) < 4.78 is 0. The van der Waals surface area contributed by atoms with Gasteiger partial charge in [0.05, 0.1) is 6.54 Å². The number of guanidine groups is 1. The summed E-state index contributed by atoms with van der Waals surface area (Å²) in [6.07, 6.45) is 1.08. The van der Waals surface area contributed by atoms with Gasteiger partial charge in [0.2, 0.25) is 0 Å². The Morgan fingerprint density at radius 1 is 1.37 bits per heavy atom. The topological polar surface area (TPSA) is 52.2 Å². The van der Waals surface area contributed by atoms with Crippen molar-refractivity contribution >= 4 is 16.9 Å². The molecule has 102 valence electrons. The van der Waals surface area contributed by atoms with Crippen molar-refractivity contribution in [3.8, 4) is 0 Å². The first-order valence-corrected chi connectivity index (χ1v) is 6.76. The third-order valence-electron chi connectivity index (χ3n) is 3.25. The second-order valence-electron chi connectivity index (χ2n) is 4.76. The van der Waals surface area contributed by atoms with Gasteiger partial charge in [0, 0.05) is 24.3 Å². The molecule has 0 amide bonds. The van der Waals surface area contributed by atoms with Gasteiger partial charge in [0.15, 0.2) is 5.96 Å². The Morgan fingerprint density at radius 2 is 2.16 bits per heavy atom. The number of hydrogen-bond donors (Lipinski definition) is 3. The summed E-state index contributed by atoms with van der Waals surface area (Å²) in [6.45, 7) is 5.04. The first kappa shape index (κ1) is 13.5. The molecule has 1 unspecified atom stereocenters. The highest BCUT2D eigenvalue weighted by Crippen LogP contribution is 2.14. The normalized spacial score (nSPS) is 13.5. The highest BCUT2D eigenvalue weighted by atomic mass is 15.2. The Morgan fingerprint density at radius 3 is 2.84 bits per heavy atom. The average Bonchev–Trinajstić information content (AvgIpc) is 2.85. The van der Waals surface area contributed by atoms with E-state index in [2.05, 4.69) is 58.7 Å². The molecule has 1 aromatic heterocycles. The summed E-state index contributed by atoms with van der Waals surface area (Å²) >= 11 is 0. The van der Waals surface area contributed by atoms with E-state index in [1.807, 2.05) is 6.07 Å². The zero-order chi connectivity index (χ0) is 13.7. The fourth-order valence-electron chi connectivity index (χ4n) is 1.94. The molecule has 0 spiro atoms.